The van der Waals surface area contributed by atoms with Crippen LogP contribution in [-0.2, 0) is 27.9 Å². The number of nitrogens with zero attached hydrogens (tertiary/aromatic N) is 3. The van der Waals surface area contributed by atoms with Crippen molar-refractivity contribution in [3.05, 3.63) is 65.2 Å². The SMILES string of the molecule is CN(C)Cc1ccc(CNC(=O)[C@@H]2CCCN2C2=NS(=O)(=O)c3ccccc32)cc1. The van der Waals surface area contributed by atoms with Gasteiger partial charge >= 0.3 is 0 Å². The van der Waals surface area contributed by atoms with E-state index >= 15 is 0 Å². The molecule has 1 saturated heterocycles. The standard InChI is InChI=1S/C22H26N4O3S/c1-25(2)15-17-11-9-16(10-12-17)14-23-22(27)19-7-5-13-26(19)21-18-6-3-4-8-20(18)30(28,29)24-21/h3-4,6,8-12,19H,5,7,13-15H2,1-2H3,(H,23,27)/t19-/m0/s1. The highest BCUT2D eigenvalue weighted by Crippen LogP contribution is 2.31. The van der Waals surface area contributed by atoms with Crippen molar-refractivity contribution in [1.29, 1.82) is 0 Å². The van der Waals surface area contributed by atoms with Gasteiger partial charge in [-0.15, -0.1) is 4.40 Å². The highest BCUT2D eigenvalue weighted by Gasteiger charge is 2.39. The summed E-state index contributed by atoms with van der Waals surface area (Å²) in [6.45, 7) is 1.92. The van der Waals surface area contributed by atoms with Crippen LogP contribution in [0.2, 0.25) is 0 Å². The molecule has 2 aliphatic rings. The fraction of sp³-hybridized carbons (Fsp3) is 0.364. The van der Waals surface area contributed by atoms with Gasteiger partial charge in [0.2, 0.25) is 5.91 Å². The topological polar surface area (TPSA) is 82.1 Å². The summed E-state index contributed by atoms with van der Waals surface area (Å²) in [6.07, 6.45) is 1.49. The molecule has 2 aliphatic heterocycles. The lowest BCUT2D eigenvalue weighted by Gasteiger charge is -2.25. The maximum absolute atomic E-state index is 12.9. The third-order valence-electron chi connectivity index (χ3n) is 5.43. The molecule has 0 bridgehead atoms. The molecule has 30 heavy (non-hydrogen) atoms. The molecule has 2 heterocycles. The van der Waals surface area contributed by atoms with E-state index in [1.807, 2.05) is 31.1 Å². The predicted octanol–water partition coefficient (Wildman–Crippen LogP) is 1.98. The van der Waals surface area contributed by atoms with Crippen LogP contribution in [0.4, 0.5) is 0 Å². The summed E-state index contributed by atoms with van der Waals surface area (Å²) in [5.74, 6) is 0.283. The first kappa shape index (κ1) is 20.6. The molecule has 0 aromatic heterocycles. The molecule has 0 aliphatic carbocycles. The molecule has 2 aromatic carbocycles. The van der Waals surface area contributed by atoms with E-state index in [0.717, 1.165) is 18.5 Å². The van der Waals surface area contributed by atoms with E-state index in [4.69, 9.17) is 0 Å². The van der Waals surface area contributed by atoms with Gasteiger partial charge in [-0.05, 0) is 50.2 Å². The number of rotatable bonds is 5. The fourth-order valence-corrected chi connectivity index (χ4v) is 5.24. The lowest BCUT2D eigenvalue weighted by atomic mass is 10.1. The number of hydrogen-bond acceptors (Lipinski definition) is 5. The van der Waals surface area contributed by atoms with E-state index in [0.29, 0.717) is 30.9 Å². The maximum atomic E-state index is 12.9. The minimum atomic E-state index is -3.70. The largest absolute Gasteiger partial charge is 0.350 e. The van der Waals surface area contributed by atoms with Gasteiger partial charge in [-0.25, -0.2) is 0 Å². The summed E-state index contributed by atoms with van der Waals surface area (Å²) in [5.41, 5.74) is 2.83. The Morgan fingerprint density at radius 3 is 2.57 bits per heavy atom. The first-order chi connectivity index (χ1) is 14.3. The second-order valence-electron chi connectivity index (χ2n) is 8.01. The molecule has 0 spiro atoms. The number of benzene rings is 2. The fourth-order valence-electron chi connectivity index (χ4n) is 4.02. The smallest absolute Gasteiger partial charge is 0.285 e. The first-order valence-electron chi connectivity index (χ1n) is 10.1. The maximum Gasteiger partial charge on any atom is 0.285 e. The van der Waals surface area contributed by atoms with Crippen LogP contribution in [0.15, 0.2) is 57.8 Å². The number of sulfonamides is 1. The molecular formula is C22H26N4O3S. The summed E-state index contributed by atoms with van der Waals surface area (Å²) < 4.78 is 28.8. The van der Waals surface area contributed by atoms with E-state index in [-0.39, 0.29) is 10.8 Å². The van der Waals surface area contributed by atoms with E-state index < -0.39 is 16.1 Å². The van der Waals surface area contributed by atoms with E-state index in [2.05, 4.69) is 26.7 Å². The minimum absolute atomic E-state index is 0.102. The normalized spacial score (nSPS) is 19.6. The second-order valence-corrected chi connectivity index (χ2v) is 9.58. The zero-order valence-corrected chi connectivity index (χ0v) is 18.0. The van der Waals surface area contributed by atoms with Gasteiger partial charge in [0.25, 0.3) is 10.0 Å². The van der Waals surface area contributed by atoms with Crippen LogP contribution < -0.4 is 5.32 Å². The minimum Gasteiger partial charge on any atom is -0.350 e. The van der Waals surface area contributed by atoms with Gasteiger partial charge in [-0.3, -0.25) is 4.79 Å². The van der Waals surface area contributed by atoms with Crippen LogP contribution in [0.3, 0.4) is 0 Å². The highest BCUT2D eigenvalue weighted by atomic mass is 32.2. The average molecular weight is 427 g/mol. The monoisotopic (exact) mass is 426 g/mol. The summed E-state index contributed by atoms with van der Waals surface area (Å²) in [6, 6.07) is 14.6. The molecule has 158 valence electrons. The lowest BCUT2D eigenvalue weighted by molar-refractivity contribution is -0.124. The van der Waals surface area contributed by atoms with Crippen molar-refractivity contribution in [2.24, 2.45) is 4.40 Å². The number of amides is 1. The van der Waals surface area contributed by atoms with Gasteiger partial charge < -0.3 is 15.1 Å². The Balaban J connectivity index is 1.45. The van der Waals surface area contributed by atoms with E-state index in [9.17, 15) is 13.2 Å². The number of nitrogens with one attached hydrogen (secondary N) is 1. The summed E-state index contributed by atoms with van der Waals surface area (Å²) in [5, 5.41) is 3.00. The van der Waals surface area contributed by atoms with E-state index in [1.54, 1.807) is 24.3 Å². The number of amidine groups is 1. The molecule has 7 nitrogen and oxygen atoms in total. The van der Waals surface area contributed by atoms with Gasteiger partial charge in [0.05, 0.1) is 0 Å². The molecule has 8 heteroatoms. The number of carbonyl (C=O) groups is 1. The Morgan fingerprint density at radius 2 is 1.83 bits per heavy atom. The number of carbonyl (C=O) groups excluding carboxylic acids is 1. The molecule has 0 unspecified atom stereocenters. The van der Waals surface area contributed by atoms with Gasteiger partial charge in [0.1, 0.15) is 10.9 Å². The lowest BCUT2D eigenvalue weighted by Crippen LogP contribution is -2.45. The van der Waals surface area contributed by atoms with Crippen molar-refractivity contribution in [3.8, 4) is 0 Å². The molecule has 2 aromatic rings. The Morgan fingerprint density at radius 1 is 1.13 bits per heavy atom. The van der Waals surface area contributed by atoms with Crippen LogP contribution in [0.5, 0.6) is 0 Å². The van der Waals surface area contributed by atoms with Crippen LogP contribution >= 0.6 is 0 Å². The number of fused-ring (bicyclic) bond motifs is 1. The third kappa shape index (κ3) is 4.11. The number of likely N-dealkylation sites (tertiary alicyclic amines) is 1. The average Bonchev–Trinajstić information content (AvgIpc) is 3.30. The molecule has 0 radical (unpaired) electrons. The van der Waals surface area contributed by atoms with Crippen molar-refractivity contribution in [2.75, 3.05) is 20.6 Å². The summed E-state index contributed by atoms with van der Waals surface area (Å²) in [4.78, 5) is 17.1. The summed E-state index contributed by atoms with van der Waals surface area (Å²) in [7, 11) is 0.357. The van der Waals surface area contributed by atoms with Gasteiger partial charge in [-0.1, -0.05) is 36.4 Å². The Labute approximate surface area is 177 Å². The van der Waals surface area contributed by atoms with Gasteiger partial charge in [0.15, 0.2) is 5.84 Å². The molecule has 1 fully saturated rings. The zero-order chi connectivity index (χ0) is 21.3. The molecule has 1 atom stereocenters. The third-order valence-corrected chi connectivity index (χ3v) is 6.75. The zero-order valence-electron chi connectivity index (χ0n) is 17.2. The highest BCUT2D eigenvalue weighted by molar-refractivity contribution is 7.90. The van der Waals surface area contributed by atoms with Crippen LogP contribution in [-0.4, -0.2) is 56.6 Å². The van der Waals surface area contributed by atoms with Gasteiger partial charge in [-0.2, -0.15) is 8.42 Å². The molecular weight excluding hydrogens is 400 g/mol. The van der Waals surface area contributed by atoms with Crippen molar-refractivity contribution in [1.82, 2.24) is 15.1 Å². The van der Waals surface area contributed by atoms with E-state index in [1.165, 1.54) is 5.56 Å². The number of hydrogen-bond donors (Lipinski definition) is 1. The summed E-state index contributed by atoms with van der Waals surface area (Å²) >= 11 is 0. The van der Waals surface area contributed by atoms with Crippen LogP contribution in [0.25, 0.3) is 0 Å². The second kappa shape index (κ2) is 8.20. The molecule has 1 amide bonds. The predicted molar refractivity (Wildman–Crippen MR) is 116 cm³/mol. The first-order valence-corrected chi connectivity index (χ1v) is 11.5. The Kier molecular flexibility index (Phi) is 5.62. The van der Waals surface area contributed by atoms with Crippen molar-refractivity contribution in [2.45, 2.75) is 36.9 Å². The van der Waals surface area contributed by atoms with Gasteiger partial charge in [0, 0.05) is 25.2 Å². The molecule has 1 N–H and O–H groups in total. The quantitative estimate of drug-likeness (QED) is 0.791. The van der Waals surface area contributed by atoms with Crippen molar-refractivity contribution < 1.29 is 13.2 Å². The Hall–Kier alpha value is -2.71. The molecule has 0 saturated carbocycles. The van der Waals surface area contributed by atoms with Crippen molar-refractivity contribution >= 4 is 21.8 Å². The Bertz CT molecular complexity index is 1080. The van der Waals surface area contributed by atoms with Crippen LogP contribution in [0.1, 0.15) is 29.5 Å². The molecule has 4 rings (SSSR count). The van der Waals surface area contributed by atoms with Crippen LogP contribution in [0, 0.1) is 0 Å². The van der Waals surface area contributed by atoms with Crippen molar-refractivity contribution in [3.63, 3.8) is 0 Å².